The number of hydrogen-bond acceptors (Lipinski definition) is 3. The van der Waals surface area contributed by atoms with Gasteiger partial charge in [0, 0.05) is 6.07 Å². The van der Waals surface area contributed by atoms with E-state index in [4.69, 9.17) is 21.1 Å². The lowest BCUT2D eigenvalue weighted by molar-refractivity contribution is 0.189. The standard InChI is InChI=1S/C11H15ClO3/c1-7(13)11(12)8-4-9(14-2)6-10(5-8)15-3/h4-7,11,13H,1-3H3. The highest BCUT2D eigenvalue weighted by atomic mass is 35.5. The van der Waals surface area contributed by atoms with Crippen LogP contribution in [-0.4, -0.2) is 25.4 Å². The summed E-state index contributed by atoms with van der Waals surface area (Å²) in [5.41, 5.74) is 0.780. The van der Waals surface area contributed by atoms with E-state index in [1.807, 2.05) is 0 Å². The van der Waals surface area contributed by atoms with Gasteiger partial charge in [0.2, 0.25) is 0 Å². The van der Waals surface area contributed by atoms with Crippen LogP contribution in [0.25, 0.3) is 0 Å². The van der Waals surface area contributed by atoms with Crippen molar-refractivity contribution in [1.29, 1.82) is 0 Å². The predicted octanol–water partition coefficient (Wildman–Crippen LogP) is 2.36. The summed E-state index contributed by atoms with van der Waals surface area (Å²) in [5, 5.41) is 8.92. The van der Waals surface area contributed by atoms with Crippen LogP contribution >= 0.6 is 11.6 Å². The Hall–Kier alpha value is -0.930. The largest absolute Gasteiger partial charge is 0.497 e. The molecule has 2 unspecified atom stereocenters. The fourth-order valence-corrected chi connectivity index (χ4v) is 1.39. The highest BCUT2D eigenvalue weighted by molar-refractivity contribution is 6.21. The van der Waals surface area contributed by atoms with Gasteiger partial charge < -0.3 is 14.6 Å². The van der Waals surface area contributed by atoms with Gasteiger partial charge in [0.1, 0.15) is 11.5 Å². The molecule has 0 spiro atoms. The summed E-state index contributed by atoms with van der Waals surface area (Å²) in [6.45, 7) is 1.64. The van der Waals surface area contributed by atoms with Gasteiger partial charge in [-0.3, -0.25) is 0 Å². The van der Waals surface area contributed by atoms with E-state index in [9.17, 15) is 5.11 Å². The average Bonchev–Trinajstić information content (AvgIpc) is 2.27. The Kier molecular flexibility index (Phi) is 4.24. The van der Waals surface area contributed by atoms with Crippen LogP contribution in [0.5, 0.6) is 11.5 Å². The number of ether oxygens (including phenoxy) is 2. The zero-order chi connectivity index (χ0) is 11.4. The van der Waals surface area contributed by atoms with Crippen LogP contribution in [0, 0.1) is 0 Å². The summed E-state index contributed by atoms with van der Waals surface area (Å²) in [5.74, 6) is 1.33. The number of aliphatic hydroxyl groups excluding tert-OH is 1. The lowest BCUT2D eigenvalue weighted by Crippen LogP contribution is -2.08. The maximum atomic E-state index is 9.39. The molecule has 3 nitrogen and oxygen atoms in total. The van der Waals surface area contributed by atoms with Crippen molar-refractivity contribution in [2.75, 3.05) is 14.2 Å². The molecule has 0 radical (unpaired) electrons. The second-order valence-corrected chi connectivity index (χ2v) is 3.76. The molecule has 0 fully saturated rings. The van der Waals surface area contributed by atoms with Crippen molar-refractivity contribution in [3.05, 3.63) is 23.8 Å². The molecule has 1 N–H and O–H groups in total. The van der Waals surface area contributed by atoms with E-state index in [-0.39, 0.29) is 0 Å². The Morgan fingerprint density at radius 1 is 1.13 bits per heavy atom. The topological polar surface area (TPSA) is 38.7 Å². The number of benzene rings is 1. The van der Waals surface area contributed by atoms with Gasteiger partial charge in [-0.25, -0.2) is 0 Å². The van der Waals surface area contributed by atoms with Crippen LogP contribution in [0.4, 0.5) is 0 Å². The van der Waals surface area contributed by atoms with Crippen LogP contribution in [0.3, 0.4) is 0 Å². The number of methoxy groups -OCH3 is 2. The van der Waals surface area contributed by atoms with Crippen LogP contribution in [-0.2, 0) is 0 Å². The third kappa shape index (κ3) is 3.01. The van der Waals surface area contributed by atoms with Gasteiger partial charge >= 0.3 is 0 Å². The molecule has 1 aromatic carbocycles. The molecule has 0 heterocycles. The Morgan fingerprint density at radius 3 is 1.93 bits per heavy atom. The van der Waals surface area contributed by atoms with E-state index >= 15 is 0 Å². The van der Waals surface area contributed by atoms with Crippen LogP contribution in [0.2, 0.25) is 0 Å². The minimum atomic E-state index is -0.622. The maximum absolute atomic E-state index is 9.39. The number of aliphatic hydroxyl groups is 1. The van der Waals surface area contributed by atoms with Crippen molar-refractivity contribution < 1.29 is 14.6 Å². The van der Waals surface area contributed by atoms with Crippen molar-refractivity contribution in [3.8, 4) is 11.5 Å². The first-order chi connectivity index (χ1) is 7.08. The van der Waals surface area contributed by atoms with Gasteiger partial charge in [-0.2, -0.15) is 0 Å². The van der Waals surface area contributed by atoms with Crippen LogP contribution < -0.4 is 9.47 Å². The molecule has 0 saturated carbocycles. The quantitative estimate of drug-likeness (QED) is 0.808. The van der Waals surface area contributed by atoms with E-state index < -0.39 is 11.5 Å². The van der Waals surface area contributed by atoms with Gasteiger partial charge in [-0.1, -0.05) is 0 Å². The summed E-state index contributed by atoms with van der Waals surface area (Å²) in [7, 11) is 3.15. The molecule has 2 atom stereocenters. The molecular formula is C11H15ClO3. The van der Waals surface area contributed by atoms with Gasteiger partial charge in [0.05, 0.1) is 25.7 Å². The molecule has 0 aromatic heterocycles. The van der Waals surface area contributed by atoms with Crippen molar-refractivity contribution in [3.63, 3.8) is 0 Å². The van der Waals surface area contributed by atoms with Crippen molar-refractivity contribution in [2.45, 2.75) is 18.4 Å². The zero-order valence-corrected chi connectivity index (χ0v) is 9.78. The highest BCUT2D eigenvalue weighted by Crippen LogP contribution is 2.31. The summed E-state index contributed by atoms with van der Waals surface area (Å²) in [6.07, 6.45) is -0.622. The van der Waals surface area contributed by atoms with Gasteiger partial charge in [0.15, 0.2) is 0 Å². The second-order valence-electron chi connectivity index (χ2n) is 3.29. The lowest BCUT2D eigenvalue weighted by Gasteiger charge is -2.15. The number of alkyl halides is 1. The van der Waals surface area contributed by atoms with E-state index in [0.29, 0.717) is 11.5 Å². The summed E-state index contributed by atoms with van der Waals surface area (Å²) >= 11 is 6.04. The molecular weight excluding hydrogens is 216 g/mol. The van der Waals surface area contributed by atoms with Gasteiger partial charge in [0.25, 0.3) is 0 Å². The molecule has 84 valence electrons. The summed E-state index contributed by atoms with van der Waals surface area (Å²) < 4.78 is 10.2. The summed E-state index contributed by atoms with van der Waals surface area (Å²) in [6, 6.07) is 5.33. The predicted molar refractivity (Wildman–Crippen MR) is 59.8 cm³/mol. The van der Waals surface area contributed by atoms with E-state index in [2.05, 4.69) is 0 Å². The zero-order valence-electron chi connectivity index (χ0n) is 9.03. The summed E-state index contributed by atoms with van der Waals surface area (Å²) in [4.78, 5) is 0. The Labute approximate surface area is 94.6 Å². The fraction of sp³-hybridized carbons (Fsp3) is 0.455. The Bertz CT molecular complexity index is 303. The molecule has 0 aliphatic rings. The molecule has 4 heteroatoms. The molecule has 1 aromatic rings. The normalized spacial score (nSPS) is 14.5. The third-order valence-corrected chi connectivity index (χ3v) is 2.73. The SMILES string of the molecule is COc1cc(OC)cc(C(Cl)C(C)O)c1. The molecule has 0 amide bonds. The number of halogens is 1. The highest BCUT2D eigenvalue weighted by Gasteiger charge is 2.15. The second kappa shape index (κ2) is 5.24. The van der Waals surface area contributed by atoms with Gasteiger partial charge in [-0.05, 0) is 24.6 Å². The molecule has 15 heavy (non-hydrogen) atoms. The van der Waals surface area contributed by atoms with Crippen LogP contribution in [0.1, 0.15) is 17.9 Å². The van der Waals surface area contributed by atoms with Crippen molar-refractivity contribution in [2.24, 2.45) is 0 Å². The molecule has 0 aliphatic heterocycles. The molecule has 0 aliphatic carbocycles. The Balaban J connectivity index is 3.06. The third-order valence-electron chi connectivity index (χ3n) is 2.12. The fourth-order valence-electron chi connectivity index (χ4n) is 1.27. The first kappa shape index (κ1) is 12.1. The lowest BCUT2D eigenvalue weighted by atomic mass is 10.1. The van der Waals surface area contributed by atoms with Crippen LogP contribution in [0.15, 0.2) is 18.2 Å². The van der Waals surface area contributed by atoms with E-state index in [1.54, 1.807) is 39.3 Å². The first-order valence-electron chi connectivity index (χ1n) is 4.63. The number of hydrogen-bond donors (Lipinski definition) is 1. The maximum Gasteiger partial charge on any atom is 0.122 e. The van der Waals surface area contributed by atoms with E-state index in [1.165, 1.54) is 0 Å². The molecule has 0 saturated heterocycles. The van der Waals surface area contributed by atoms with Crippen molar-refractivity contribution in [1.82, 2.24) is 0 Å². The average molecular weight is 231 g/mol. The molecule has 0 bridgehead atoms. The minimum Gasteiger partial charge on any atom is -0.497 e. The monoisotopic (exact) mass is 230 g/mol. The van der Waals surface area contributed by atoms with Gasteiger partial charge in [-0.15, -0.1) is 11.6 Å². The van der Waals surface area contributed by atoms with Crippen molar-refractivity contribution >= 4 is 11.6 Å². The minimum absolute atomic E-state index is 0.464. The molecule has 1 rings (SSSR count). The Morgan fingerprint density at radius 2 is 1.60 bits per heavy atom. The van der Waals surface area contributed by atoms with E-state index in [0.717, 1.165) is 5.56 Å². The smallest absolute Gasteiger partial charge is 0.122 e. The number of rotatable bonds is 4. The first-order valence-corrected chi connectivity index (χ1v) is 5.07.